The quantitative estimate of drug-likeness (QED) is 0.833. The summed E-state index contributed by atoms with van der Waals surface area (Å²) in [6, 6.07) is 1.94. The summed E-state index contributed by atoms with van der Waals surface area (Å²) in [4.78, 5) is 2.32. The van der Waals surface area contributed by atoms with Gasteiger partial charge < -0.3 is 14.4 Å². The van der Waals surface area contributed by atoms with E-state index in [1.807, 2.05) is 6.07 Å². The van der Waals surface area contributed by atoms with Gasteiger partial charge in [0, 0.05) is 32.9 Å². The second-order valence-corrected chi connectivity index (χ2v) is 4.64. The zero-order valence-corrected chi connectivity index (χ0v) is 10.3. The highest BCUT2D eigenvalue weighted by Crippen LogP contribution is 2.18. The van der Waals surface area contributed by atoms with Crippen LogP contribution in [0.5, 0.6) is 0 Å². The van der Waals surface area contributed by atoms with Gasteiger partial charge in [0.25, 0.3) is 0 Å². The average Bonchev–Trinajstić information content (AvgIpc) is 2.77. The van der Waals surface area contributed by atoms with Crippen LogP contribution >= 0.6 is 0 Å². The highest BCUT2D eigenvalue weighted by molar-refractivity contribution is 5.04. The Labute approximate surface area is 101 Å². The summed E-state index contributed by atoms with van der Waals surface area (Å²) in [7, 11) is 1.64. The molecule has 0 amide bonds. The van der Waals surface area contributed by atoms with E-state index in [4.69, 9.17) is 9.26 Å². The minimum absolute atomic E-state index is 0.282. The van der Waals surface area contributed by atoms with Crippen LogP contribution in [0.15, 0.2) is 10.6 Å². The van der Waals surface area contributed by atoms with Crippen LogP contribution in [0.3, 0.4) is 0 Å². The SMILES string of the molecule is COCc1cc(CN2CCCC(CO)C2)no1. The van der Waals surface area contributed by atoms with Crippen LogP contribution in [-0.4, -0.2) is 42.0 Å². The lowest BCUT2D eigenvalue weighted by atomic mass is 9.99. The number of aromatic nitrogens is 1. The number of aliphatic hydroxyl groups excluding tert-OH is 1. The van der Waals surface area contributed by atoms with Gasteiger partial charge in [-0.25, -0.2) is 0 Å². The van der Waals surface area contributed by atoms with E-state index in [0.29, 0.717) is 12.5 Å². The van der Waals surface area contributed by atoms with Crippen molar-refractivity contribution < 1.29 is 14.4 Å². The summed E-state index contributed by atoms with van der Waals surface area (Å²) in [6.45, 7) is 3.56. The Morgan fingerprint density at radius 2 is 2.53 bits per heavy atom. The Kier molecular flexibility index (Phi) is 4.53. The van der Waals surface area contributed by atoms with Crippen molar-refractivity contribution in [2.75, 3.05) is 26.8 Å². The number of hydrogen-bond donors (Lipinski definition) is 1. The van der Waals surface area contributed by atoms with Gasteiger partial charge in [0.2, 0.25) is 0 Å². The lowest BCUT2D eigenvalue weighted by Crippen LogP contribution is -2.36. The largest absolute Gasteiger partial charge is 0.396 e. The van der Waals surface area contributed by atoms with E-state index in [1.165, 1.54) is 0 Å². The molecular formula is C12H20N2O3. The summed E-state index contributed by atoms with van der Waals surface area (Å²) in [6.07, 6.45) is 2.27. The predicted octanol–water partition coefficient (Wildman–Crippen LogP) is 1.03. The molecular weight excluding hydrogens is 220 g/mol. The van der Waals surface area contributed by atoms with Crippen molar-refractivity contribution in [3.05, 3.63) is 17.5 Å². The van der Waals surface area contributed by atoms with Crippen LogP contribution in [0.2, 0.25) is 0 Å². The lowest BCUT2D eigenvalue weighted by Gasteiger charge is -2.30. The lowest BCUT2D eigenvalue weighted by molar-refractivity contribution is 0.114. The molecule has 2 heterocycles. The van der Waals surface area contributed by atoms with Crippen molar-refractivity contribution in [1.82, 2.24) is 10.1 Å². The topological polar surface area (TPSA) is 58.7 Å². The Morgan fingerprint density at radius 3 is 3.29 bits per heavy atom. The summed E-state index contributed by atoms with van der Waals surface area (Å²) in [5.41, 5.74) is 0.940. The molecule has 1 N–H and O–H groups in total. The zero-order valence-electron chi connectivity index (χ0n) is 10.3. The van der Waals surface area contributed by atoms with Crippen LogP contribution < -0.4 is 0 Å². The Morgan fingerprint density at radius 1 is 1.65 bits per heavy atom. The van der Waals surface area contributed by atoms with E-state index >= 15 is 0 Å². The van der Waals surface area contributed by atoms with Crippen molar-refractivity contribution in [2.24, 2.45) is 5.92 Å². The monoisotopic (exact) mass is 240 g/mol. The molecule has 1 aliphatic rings. The molecule has 1 aliphatic heterocycles. The maximum Gasteiger partial charge on any atom is 0.162 e. The number of rotatable bonds is 5. The van der Waals surface area contributed by atoms with Gasteiger partial charge in [-0.2, -0.15) is 0 Å². The van der Waals surface area contributed by atoms with Gasteiger partial charge in [0.1, 0.15) is 6.61 Å². The fraction of sp³-hybridized carbons (Fsp3) is 0.750. The van der Waals surface area contributed by atoms with Crippen molar-refractivity contribution in [3.63, 3.8) is 0 Å². The standard InChI is InChI=1S/C12H20N2O3/c1-16-9-12-5-11(13-17-12)7-14-4-2-3-10(6-14)8-15/h5,10,15H,2-4,6-9H2,1H3. The molecule has 5 nitrogen and oxygen atoms in total. The third-order valence-electron chi connectivity index (χ3n) is 3.14. The van der Waals surface area contributed by atoms with Gasteiger partial charge in [-0.3, -0.25) is 4.90 Å². The van der Waals surface area contributed by atoms with Gasteiger partial charge in [-0.05, 0) is 25.3 Å². The van der Waals surface area contributed by atoms with E-state index in [1.54, 1.807) is 7.11 Å². The van der Waals surface area contributed by atoms with Gasteiger partial charge in [0.05, 0.1) is 5.69 Å². The first-order valence-corrected chi connectivity index (χ1v) is 6.08. The molecule has 1 aromatic rings. The van der Waals surface area contributed by atoms with Crippen molar-refractivity contribution in [1.29, 1.82) is 0 Å². The first kappa shape index (κ1) is 12.5. The van der Waals surface area contributed by atoms with Crippen LogP contribution in [0, 0.1) is 5.92 Å². The molecule has 0 spiro atoms. The summed E-state index contributed by atoms with van der Waals surface area (Å²) in [5, 5.41) is 13.2. The molecule has 0 aromatic carbocycles. The highest BCUT2D eigenvalue weighted by Gasteiger charge is 2.20. The first-order chi connectivity index (χ1) is 8.31. The van der Waals surface area contributed by atoms with Crippen molar-refractivity contribution in [3.8, 4) is 0 Å². The van der Waals surface area contributed by atoms with E-state index in [-0.39, 0.29) is 6.61 Å². The van der Waals surface area contributed by atoms with Gasteiger partial charge >= 0.3 is 0 Å². The fourth-order valence-electron chi connectivity index (χ4n) is 2.31. The van der Waals surface area contributed by atoms with Crippen LogP contribution in [0.25, 0.3) is 0 Å². The summed E-state index contributed by atoms with van der Waals surface area (Å²) < 4.78 is 10.1. The molecule has 0 bridgehead atoms. The number of hydrogen-bond acceptors (Lipinski definition) is 5. The number of ether oxygens (including phenoxy) is 1. The maximum atomic E-state index is 9.17. The number of methoxy groups -OCH3 is 1. The molecule has 2 rings (SSSR count). The first-order valence-electron chi connectivity index (χ1n) is 6.08. The second kappa shape index (κ2) is 6.14. The normalized spacial score (nSPS) is 21.9. The van der Waals surface area contributed by atoms with Crippen LogP contribution in [-0.2, 0) is 17.9 Å². The Hall–Kier alpha value is -0.910. The van der Waals surface area contributed by atoms with Crippen molar-refractivity contribution >= 4 is 0 Å². The third-order valence-corrected chi connectivity index (χ3v) is 3.14. The van der Waals surface area contributed by atoms with Crippen LogP contribution in [0.4, 0.5) is 0 Å². The van der Waals surface area contributed by atoms with E-state index in [2.05, 4.69) is 10.1 Å². The van der Waals surface area contributed by atoms with Gasteiger partial charge in [-0.15, -0.1) is 0 Å². The molecule has 1 unspecified atom stereocenters. The van der Waals surface area contributed by atoms with Gasteiger partial charge in [0.15, 0.2) is 5.76 Å². The van der Waals surface area contributed by atoms with E-state index in [0.717, 1.165) is 43.9 Å². The number of likely N-dealkylation sites (tertiary alicyclic amines) is 1. The smallest absolute Gasteiger partial charge is 0.162 e. The average molecular weight is 240 g/mol. The Balaban J connectivity index is 1.86. The summed E-state index contributed by atoms with van der Waals surface area (Å²) >= 11 is 0. The highest BCUT2D eigenvalue weighted by atomic mass is 16.5. The summed E-state index contributed by atoms with van der Waals surface area (Å²) in [5.74, 6) is 1.17. The molecule has 1 saturated heterocycles. The molecule has 96 valence electrons. The molecule has 0 radical (unpaired) electrons. The van der Waals surface area contributed by atoms with E-state index in [9.17, 15) is 5.11 Å². The molecule has 0 saturated carbocycles. The Bertz CT molecular complexity index is 340. The van der Waals surface area contributed by atoms with Crippen LogP contribution in [0.1, 0.15) is 24.3 Å². The number of nitrogens with zero attached hydrogens (tertiary/aromatic N) is 2. The predicted molar refractivity (Wildman–Crippen MR) is 62.3 cm³/mol. The minimum Gasteiger partial charge on any atom is -0.396 e. The fourth-order valence-corrected chi connectivity index (χ4v) is 2.31. The molecule has 1 atom stereocenters. The molecule has 1 fully saturated rings. The van der Waals surface area contributed by atoms with E-state index < -0.39 is 0 Å². The molecule has 5 heteroatoms. The minimum atomic E-state index is 0.282. The van der Waals surface area contributed by atoms with Crippen molar-refractivity contribution in [2.45, 2.75) is 26.0 Å². The maximum absolute atomic E-state index is 9.17. The third kappa shape index (κ3) is 3.52. The molecule has 1 aromatic heterocycles. The number of piperidine rings is 1. The zero-order chi connectivity index (χ0) is 12.1. The van der Waals surface area contributed by atoms with Gasteiger partial charge in [-0.1, -0.05) is 5.16 Å². The molecule has 0 aliphatic carbocycles. The number of aliphatic hydroxyl groups is 1. The second-order valence-electron chi connectivity index (χ2n) is 4.64. The molecule has 17 heavy (non-hydrogen) atoms.